The number of hydrogen-bond donors (Lipinski definition) is 0. The maximum absolute atomic E-state index is 12.1. The second-order valence-electron chi connectivity index (χ2n) is 4.15. The summed E-state index contributed by atoms with van der Waals surface area (Å²) in [4.78, 5) is 16.4. The molecule has 0 spiro atoms. The zero-order chi connectivity index (χ0) is 13.0. The molecule has 94 valence electrons. The lowest BCUT2D eigenvalue weighted by molar-refractivity contribution is 0.0989. The molecule has 1 heterocycles. The molecule has 0 atom stereocenters. The first-order valence-corrected chi connectivity index (χ1v) is 6.78. The molecule has 1 aromatic carbocycles. The van der Waals surface area contributed by atoms with Crippen LogP contribution in [0.15, 0.2) is 41.1 Å². The number of hydrogen-bond acceptors (Lipinski definition) is 2. The number of halogens is 1. The molecule has 0 aliphatic heterocycles. The maximum atomic E-state index is 12.1. The lowest BCUT2D eigenvalue weighted by atomic mass is 10.1. The Morgan fingerprint density at radius 2 is 2.28 bits per heavy atom. The van der Waals surface area contributed by atoms with Gasteiger partial charge in [0, 0.05) is 29.0 Å². The first kappa shape index (κ1) is 13.0. The van der Waals surface area contributed by atoms with E-state index in [-0.39, 0.29) is 5.78 Å². The third-order valence-electron chi connectivity index (χ3n) is 2.73. The lowest BCUT2D eigenvalue weighted by Gasteiger charge is -2.06. The smallest absolute Gasteiger partial charge is 0.170 e. The summed E-state index contributed by atoms with van der Waals surface area (Å²) in [6.07, 6.45) is 5.06. The summed E-state index contributed by atoms with van der Waals surface area (Å²) >= 11 is 3.37. The van der Waals surface area contributed by atoms with Crippen molar-refractivity contribution in [3.8, 4) is 0 Å². The van der Waals surface area contributed by atoms with E-state index in [4.69, 9.17) is 0 Å². The topological polar surface area (TPSA) is 34.9 Å². The minimum absolute atomic E-state index is 0.0971. The van der Waals surface area contributed by atoms with Crippen molar-refractivity contribution in [3.05, 3.63) is 52.5 Å². The molecule has 0 saturated heterocycles. The molecule has 0 unspecified atom stereocenters. The molecule has 2 rings (SSSR count). The molecule has 0 bridgehead atoms. The van der Waals surface area contributed by atoms with Gasteiger partial charge in [0.05, 0.1) is 6.42 Å². The van der Waals surface area contributed by atoms with Crippen LogP contribution in [0.2, 0.25) is 0 Å². The van der Waals surface area contributed by atoms with E-state index in [1.54, 1.807) is 6.20 Å². The van der Waals surface area contributed by atoms with Crippen LogP contribution in [0.25, 0.3) is 0 Å². The van der Waals surface area contributed by atoms with Gasteiger partial charge in [-0.25, -0.2) is 4.98 Å². The quantitative estimate of drug-likeness (QED) is 0.793. The van der Waals surface area contributed by atoms with Crippen molar-refractivity contribution in [2.24, 2.45) is 0 Å². The third-order valence-corrected chi connectivity index (χ3v) is 3.22. The van der Waals surface area contributed by atoms with E-state index in [1.807, 2.05) is 35.0 Å². The van der Waals surface area contributed by atoms with Gasteiger partial charge in [0.25, 0.3) is 0 Å². The maximum Gasteiger partial charge on any atom is 0.170 e. The van der Waals surface area contributed by atoms with Crippen LogP contribution in [-0.2, 0) is 13.0 Å². The number of aryl methyl sites for hydroxylation is 1. The Labute approximate surface area is 115 Å². The van der Waals surface area contributed by atoms with Crippen molar-refractivity contribution >= 4 is 21.7 Å². The van der Waals surface area contributed by atoms with Gasteiger partial charge in [-0.2, -0.15) is 0 Å². The predicted molar refractivity (Wildman–Crippen MR) is 74.7 cm³/mol. The number of imidazole rings is 1. The van der Waals surface area contributed by atoms with Gasteiger partial charge >= 0.3 is 0 Å². The molecule has 18 heavy (non-hydrogen) atoms. The summed E-state index contributed by atoms with van der Waals surface area (Å²) in [5, 5.41) is 0. The minimum Gasteiger partial charge on any atom is -0.335 e. The fraction of sp³-hybridized carbons (Fsp3) is 0.286. The highest BCUT2D eigenvalue weighted by Crippen LogP contribution is 2.14. The molecular formula is C14H15BrN2O. The monoisotopic (exact) mass is 306 g/mol. The molecule has 0 fully saturated rings. The normalized spacial score (nSPS) is 10.6. The molecule has 0 N–H and O–H groups in total. The Morgan fingerprint density at radius 1 is 1.44 bits per heavy atom. The first-order chi connectivity index (χ1) is 8.70. The van der Waals surface area contributed by atoms with Crippen LogP contribution in [0.3, 0.4) is 0 Å². The molecule has 1 aromatic heterocycles. The Kier molecular flexibility index (Phi) is 4.31. The van der Waals surface area contributed by atoms with Gasteiger partial charge in [-0.3, -0.25) is 4.79 Å². The molecule has 0 aliphatic rings. The number of aromatic nitrogens is 2. The van der Waals surface area contributed by atoms with Crippen LogP contribution >= 0.6 is 15.9 Å². The van der Waals surface area contributed by atoms with E-state index in [9.17, 15) is 4.79 Å². The van der Waals surface area contributed by atoms with E-state index < -0.39 is 0 Å². The van der Waals surface area contributed by atoms with Crippen LogP contribution in [0, 0.1) is 0 Å². The Bertz CT molecular complexity index is 548. The zero-order valence-electron chi connectivity index (χ0n) is 10.3. The predicted octanol–water partition coefficient (Wildman–Crippen LogP) is 3.48. The van der Waals surface area contributed by atoms with E-state index in [0.29, 0.717) is 6.42 Å². The zero-order valence-corrected chi connectivity index (χ0v) is 11.9. The van der Waals surface area contributed by atoms with E-state index in [0.717, 1.165) is 28.8 Å². The molecule has 3 nitrogen and oxygen atoms in total. The molecule has 0 aliphatic carbocycles. The second kappa shape index (κ2) is 5.96. The van der Waals surface area contributed by atoms with E-state index in [2.05, 4.69) is 27.8 Å². The third kappa shape index (κ3) is 3.07. The first-order valence-electron chi connectivity index (χ1n) is 5.99. The van der Waals surface area contributed by atoms with Crippen molar-refractivity contribution in [2.45, 2.75) is 26.3 Å². The fourth-order valence-electron chi connectivity index (χ4n) is 1.86. The van der Waals surface area contributed by atoms with Crippen molar-refractivity contribution in [2.75, 3.05) is 0 Å². The van der Waals surface area contributed by atoms with E-state index >= 15 is 0 Å². The number of carbonyl (C=O) groups is 1. The standard InChI is InChI=1S/C14H15BrN2O/c1-2-7-17-8-6-16-14(17)10-13(18)11-4-3-5-12(15)9-11/h3-6,8-9H,2,7,10H2,1H3. The van der Waals surface area contributed by atoms with Gasteiger partial charge in [-0.15, -0.1) is 0 Å². The minimum atomic E-state index is 0.0971. The van der Waals surface area contributed by atoms with Crippen LogP contribution < -0.4 is 0 Å². The highest BCUT2D eigenvalue weighted by atomic mass is 79.9. The van der Waals surface area contributed by atoms with E-state index in [1.165, 1.54) is 0 Å². The van der Waals surface area contributed by atoms with Gasteiger partial charge in [0.15, 0.2) is 5.78 Å². The highest BCUT2D eigenvalue weighted by molar-refractivity contribution is 9.10. The summed E-state index contributed by atoms with van der Waals surface area (Å²) in [6.45, 7) is 3.01. The van der Waals surface area contributed by atoms with Crippen molar-refractivity contribution in [3.63, 3.8) is 0 Å². The fourth-order valence-corrected chi connectivity index (χ4v) is 2.26. The number of ketones is 1. The number of Topliss-reactive ketones (excluding diaryl/α,β-unsaturated/α-hetero) is 1. The summed E-state index contributed by atoms with van der Waals surface area (Å²) in [7, 11) is 0. The molecular weight excluding hydrogens is 292 g/mol. The van der Waals surface area contributed by atoms with Crippen LogP contribution in [0.5, 0.6) is 0 Å². The summed E-state index contributed by atoms with van der Waals surface area (Å²) < 4.78 is 2.96. The molecule has 0 amide bonds. The Balaban J connectivity index is 2.14. The average Bonchev–Trinajstić information content (AvgIpc) is 2.77. The van der Waals surface area contributed by atoms with Crippen LogP contribution in [0.1, 0.15) is 29.5 Å². The van der Waals surface area contributed by atoms with Crippen molar-refractivity contribution in [1.29, 1.82) is 0 Å². The summed E-state index contributed by atoms with van der Waals surface area (Å²) in [5.41, 5.74) is 0.718. The van der Waals surface area contributed by atoms with Crippen molar-refractivity contribution < 1.29 is 4.79 Å². The second-order valence-corrected chi connectivity index (χ2v) is 5.06. The largest absolute Gasteiger partial charge is 0.335 e. The van der Waals surface area contributed by atoms with Gasteiger partial charge in [0.1, 0.15) is 5.82 Å². The van der Waals surface area contributed by atoms with Gasteiger partial charge in [0.2, 0.25) is 0 Å². The Morgan fingerprint density at radius 3 is 3.00 bits per heavy atom. The average molecular weight is 307 g/mol. The van der Waals surface area contributed by atoms with Gasteiger partial charge in [-0.05, 0) is 18.6 Å². The molecule has 0 saturated carbocycles. The number of benzene rings is 1. The summed E-state index contributed by atoms with van der Waals surface area (Å²) in [6, 6.07) is 7.46. The lowest BCUT2D eigenvalue weighted by Crippen LogP contribution is -2.10. The van der Waals surface area contributed by atoms with Crippen molar-refractivity contribution in [1.82, 2.24) is 9.55 Å². The number of nitrogens with zero attached hydrogens (tertiary/aromatic N) is 2. The van der Waals surface area contributed by atoms with Crippen LogP contribution in [-0.4, -0.2) is 15.3 Å². The summed E-state index contributed by atoms with van der Waals surface area (Å²) in [5.74, 6) is 0.932. The number of carbonyl (C=O) groups excluding carboxylic acids is 1. The van der Waals surface area contributed by atoms with Gasteiger partial charge < -0.3 is 4.57 Å². The van der Waals surface area contributed by atoms with Crippen LogP contribution in [0.4, 0.5) is 0 Å². The number of rotatable bonds is 5. The van der Waals surface area contributed by atoms with Gasteiger partial charge in [-0.1, -0.05) is 35.0 Å². The Hall–Kier alpha value is -1.42. The molecule has 4 heteroatoms. The molecule has 0 radical (unpaired) electrons. The SMILES string of the molecule is CCCn1ccnc1CC(=O)c1cccc(Br)c1. The highest BCUT2D eigenvalue weighted by Gasteiger charge is 2.11. The molecule has 2 aromatic rings.